The Kier molecular flexibility index (Phi) is 16.0. The predicted molar refractivity (Wildman–Crippen MR) is 209 cm³/mol. The van der Waals surface area contributed by atoms with Gasteiger partial charge in [0.25, 0.3) is 0 Å². The van der Waals surface area contributed by atoms with Gasteiger partial charge in [-0.15, -0.1) is 0 Å². The summed E-state index contributed by atoms with van der Waals surface area (Å²) >= 11 is 0. The molecule has 2 aromatic carbocycles. The average molecular weight is 697 g/mol. The minimum atomic E-state index is 0.189. The van der Waals surface area contributed by atoms with Crippen LogP contribution in [0.25, 0.3) is 18.2 Å². The van der Waals surface area contributed by atoms with E-state index in [1.54, 1.807) is 21.6 Å². The minimum absolute atomic E-state index is 0.189. The number of quaternary nitrogens is 1. The Morgan fingerprint density at radius 2 is 1.18 bits per heavy atom. The fourth-order valence-electron chi connectivity index (χ4n) is 5.12. The van der Waals surface area contributed by atoms with Gasteiger partial charge in [-0.1, -0.05) is 99.5 Å². The number of likely N-dealkylation sites (N-methyl/N-ethyl adjacent to an activating group) is 2. The van der Waals surface area contributed by atoms with Gasteiger partial charge in [0, 0.05) is 62.2 Å². The highest BCUT2D eigenvalue weighted by atomic mass is 33.1. The first-order chi connectivity index (χ1) is 23.7. The van der Waals surface area contributed by atoms with Crippen LogP contribution in [-0.4, -0.2) is 66.8 Å². The van der Waals surface area contributed by atoms with Crippen LogP contribution in [-0.2, 0) is 16.1 Å². The largest absolute Gasteiger partial charge is 0.340 e. The van der Waals surface area contributed by atoms with E-state index in [-0.39, 0.29) is 11.8 Å². The molecule has 1 atom stereocenters. The SMILES string of the molecule is Cc1ccc(/C=C/C2=C[NH+](CCN(C)C(=O)CCCSSCCCC(=O)N(C)CC[n+]3ccc(/C=C/c4ccc(C)cc4)cc3)C=C2)cc1. The molecule has 258 valence electrons. The number of hydrogen-bond donors (Lipinski definition) is 1. The lowest BCUT2D eigenvalue weighted by Crippen LogP contribution is -3.02. The summed E-state index contributed by atoms with van der Waals surface area (Å²) in [5.41, 5.74) is 7.25. The van der Waals surface area contributed by atoms with E-state index in [1.807, 2.05) is 23.9 Å². The fourth-order valence-corrected chi connectivity index (χ4v) is 7.29. The molecule has 0 radical (unpaired) electrons. The van der Waals surface area contributed by atoms with Crippen molar-refractivity contribution in [1.82, 2.24) is 9.80 Å². The number of amides is 2. The number of rotatable bonds is 19. The molecular formula is C41H52N4O2S2+2. The molecule has 6 nitrogen and oxygen atoms in total. The third kappa shape index (κ3) is 14.3. The first kappa shape index (κ1) is 38.0. The summed E-state index contributed by atoms with van der Waals surface area (Å²) < 4.78 is 2.12. The number of nitrogens with one attached hydrogen (secondary N) is 1. The Balaban J connectivity index is 0.994. The quantitative estimate of drug-likeness (QED) is 0.0869. The van der Waals surface area contributed by atoms with Gasteiger partial charge in [-0.05, 0) is 49.5 Å². The summed E-state index contributed by atoms with van der Waals surface area (Å²) in [6.07, 6.45) is 22.0. The first-order valence-electron chi connectivity index (χ1n) is 17.2. The van der Waals surface area contributed by atoms with Crippen LogP contribution in [0.4, 0.5) is 0 Å². The Hall–Kier alpha value is -3.85. The number of allylic oxidation sites excluding steroid dienone is 3. The lowest BCUT2D eigenvalue weighted by atomic mass is 10.1. The van der Waals surface area contributed by atoms with E-state index < -0.39 is 0 Å². The molecule has 1 aliphatic rings. The van der Waals surface area contributed by atoms with Crippen molar-refractivity contribution in [1.29, 1.82) is 0 Å². The van der Waals surface area contributed by atoms with Gasteiger partial charge < -0.3 is 9.80 Å². The van der Waals surface area contributed by atoms with E-state index in [4.69, 9.17) is 0 Å². The molecule has 1 N–H and O–H groups in total. The van der Waals surface area contributed by atoms with Crippen LogP contribution >= 0.6 is 21.6 Å². The van der Waals surface area contributed by atoms with E-state index in [0.29, 0.717) is 19.4 Å². The second-order valence-corrected chi connectivity index (χ2v) is 15.3. The van der Waals surface area contributed by atoms with Crippen LogP contribution in [0.1, 0.15) is 53.5 Å². The Bertz CT molecular complexity index is 1600. The van der Waals surface area contributed by atoms with Gasteiger partial charge in [-0.2, -0.15) is 0 Å². The van der Waals surface area contributed by atoms with Gasteiger partial charge in [-0.3, -0.25) is 14.5 Å². The van der Waals surface area contributed by atoms with Crippen molar-refractivity contribution in [3.63, 3.8) is 0 Å². The second-order valence-electron chi connectivity index (χ2n) is 12.6. The van der Waals surface area contributed by atoms with Crippen molar-refractivity contribution in [2.24, 2.45) is 0 Å². The maximum absolute atomic E-state index is 12.6. The third-order valence-electron chi connectivity index (χ3n) is 8.45. The molecule has 1 unspecified atom stereocenters. The van der Waals surface area contributed by atoms with E-state index in [2.05, 4.69) is 134 Å². The maximum atomic E-state index is 12.6. The standard InChI is InChI=1S/C41H51N4O2S2/c1-34-9-13-36(14-10-34)17-18-38-21-24-44(25-22-38)29-27-42(3)40(46)7-5-31-48-49-32-6-8-41(47)43(4)28-30-45-26-23-39(33-45)20-19-37-15-11-35(2)12-16-37/h9-26,33H,5-8,27-32H2,1-4H3/q+1/p+1/b18-17+,20-19+. The molecule has 0 spiro atoms. The molecule has 3 aromatic rings. The van der Waals surface area contributed by atoms with Crippen LogP contribution in [0.15, 0.2) is 103 Å². The molecular weight excluding hydrogens is 645 g/mol. The molecule has 8 heteroatoms. The lowest BCUT2D eigenvalue weighted by Gasteiger charge is -2.18. The van der Waals surface area contributed by atoms with Crippen LogP contribution in [0.3, 0.4) is 0 Å². The number of aryl methyl sites for hydroxylation is 2. The zero-order valence-corrected chi connectivity index (χ0v) is 31.1. The zero-order valence-electron chi connectivity index (χ0n) is 29.5. The van der Waals surface area contributed by atoms with E-state index in [9.17, 15) is 9.59 Å². The molecule has 1 aliphatic heterocycles. The van der Waals surface area contributed by atoms with E-state index in [1.165, 1.54) is 32.7 Å². The Morgan fingerprint density at radius 1 is 0.694 bits per heavy atom. The predicted octanol–water partition coefficient (Wildman–Crippen LogP) is 6.63. The third-order valence-corrected chi connectivity index (χ3v) is 11.0. The molecule has 0 fully saturated rings. The summed E-state index contributed by atoms with van der Waals surface area (Å²) in [4.78, 5) is 30.2. The summed E-state index contributed by atoms with van der Waals surface area (Å²) in [5, 5.41) is 0. The van der Waals surface area contributed by atoms with Gasteiger partial charge >= 0.3 is 0 Å². The Labute approximate surface area is 301 Å². The number of hydrogen-bond acceptors (Lipinski definition) is 4. The highest BCUT2D eigenvalue weighted by molar-refractivity contribution is 8.76. The Morgan fingerprint density at radius 3 is 1.73 bits per heavy atom. The summed E-state index contributed by atoms with van der Waals surface area (Å²) in [6, 6.07) is 21.2. The fraction of sp³-hybridized carbons (Fsp3) is 0.341. The number of pyridine rings is 1. The first-order valence-corrected chi connectivity index (χ1v) is 19.7. The number of carbonyl (C=O) groups excluding carboxylic acids is 2. The minimum Gasteiger partial charge on any atom is -0.340 e. The molecule has 2 heterocycles. The van der Waals surface area contributed by atoms with E-state index >= 15 is 0 Å². The van der Waals surface area contributed by atoms with Gasteiger partial charge in [-0.25, -0.2) is 4.57 Å². The van der Waals surface area contributed by atoms with Crippen molar-refractivity contribution < 1.29 is 19.1 Å². The molecule has 0 bridgehead atoms. The number of benzene rings is 2. The molecule has 2 amide bonds. The second kappa shape index (κ2) is 20.6. The van der Waals surface area contributed by atoms with Gasteiger partial charge in [0.15, 0.2) is 18.9 Å². The summed E-state index contributed by atoms with van der Waals surface area (Å²) in [7, 11) is 7.39. The monoisotopic (exact) mass is 696 g/mol. The number of aromatic nitrogens is 1. The normalized spacial score (nSPS) is 14.1. The van der Waals surface area contributed by atoms with Crippen molar-refractivity contribution in [2.45, 2.75) is 46.1 Å². The molecule has 0 saturated carbocycles. The highest BCUT2D eigenvalue weighted by Gasteiger charge is 2.14. The topological polar surface area (TPSA) is 48.9 Å². The van der Waals surface area contributed by atoms with Crippen LogP contribution in [0.5, 0.6) is 0 Å². The molecule has 1 aromatic heterocycles. The van der Waals surface area contributed by atoms with Crippen molar-refractivity contribution in [3.05, 3.63) is 131 Å². The molecule has 4 rings (SSSR count). The highest BCUT2D eigenvalue weighted by Crippen LogP contribution is 2.24. The van der Waals surface area contributed by atoms with Crippen molar-refractivity contribution >= 4 is 51.6 Å². The summed E-state index contributed by atoms with van der Waals surface area (Å²) in [6.45, 7) is 7.23. The zero-order chi connectivity index (χ0) is 34.8. The van der Waals surface area contributed by atoms with Crippen molar-refractivity contribution in [3.8, 4) is 0 Å². The van der Waals surface area contributed by atoms with E-state index in [0.717, 1.165) is 49.5 Å². The van der Waals surface area contributed by atoms with Gasteiger partial charge in [0.05, 0.1) is 19.3 Å². The number of nitrogens with zero attached hydrogens (tertiary/aromatic N) is 3. The average Bonchev–Trinajstić information content (AvgIpc) is 3.58. The van der Waals surface area contributed by atoms with Crippen LogP contribution in [0, 0.1) is 13.8 Å². The molecule has 0 saturated heterocycles. The maximum Gasteiger partial charge on any atom is 0.222 e. The van der Waals surface area contributed by atoms with Gasteiger partial charge in [0.2, 0.25) is 11.8 Å². The molecule has 0 aliphatic carbocycles. The molecule has 49 heavy (non-hydrogen) atoms. The van der Waals surface area contributed by atoms with Gasteiger partial charge in [0.1, 0.15) is 12.7 Å². The van der Waals surface area contributed by atoms with Crippen molar-refractivity contribution in [2.75, 3.05) is 45.2 Å². The van der Waals surface area contributed by atoms with Crippen LogP contribution in [0.2, 0.25) is 0 Å². The lowest BCUT2D eigenvalue weighted by molar-refractivity contribution is -0.786. The number of carbonyl (C=O) groups is 2. The van der Waals surface area contributed by atoms with Crippen LogP contribution < -0.4 is 9.47 Å². The summed E-state index contributed by atoms with van der Waals surface area (Å²) in [5.74, 6) is 2.27. The smallest absolute Gasteiger partial charge is 0.222 e.